The van der Waals surface area contributed by atoms with Crippen LogP contribution < -0.4 is 10.1 Å². The van der Waals surface area contributed by atoms with E-state index in [2.05, 4.69) is 10.1 Å². The van der Waals surface area contributed by atoms with Crippen LogP contribution in [-0.2, 0) is 4.79 Å². The number of hydrogen-bond donors (Lipinski definition) is 1. The highest BCUT2D eigenvalue weighted by atomic mass is 19.3. The predicted octanol–water partition coefficient (Wildman–Crippen LogP) is 2.71. The van der Waals surface area contributed by atoms with E-state index in [9.17, 15) is 13.6 Å². The first-order valence-corrected chi connectivity index (χ1v) is 6.72. The molecule has 6 heteroatoms. The number of halogens is 2. The van der Waals surface area contributed by atoms with Crippen molar-refractivity contribution in [1.29, 1.82) is 0 Å². The third kappa shape index (κ3) is 4.08. The highest BCUT2D eigenvalue weighted by molar-refractivity contribution is 5.81. The summed E-state index contributed by atoms with van der Waals surface area (Å²) in [6.07, 6.45) is 3.20. The molecule has 0 aromatic heterocycles. The fourth-order valence-electron chi connectivity index (χ4n) is 2.24. The number of carbonyl (C=O) groups excluding carboxylic acids is 1. The summed E-state index contributed by atoms with van der Waals surface area (Å²) in [4.78, 5) is 13.8. The highest BCUT2D eigenvalue weighted by Gasteiger charge is 2.16. The summed E-state index contributed by atoms with van der Waals surface area (Å²) < 4.78 is 28.9. The van der Waals surface area contributed by atoms with Crippen molar-refractivity contribution in [2.75, 3.05) is 25.0 Å². The Balaban J connectivity index is 1.91. The van der Waals surface area contributed by atoms with Gasteiger partial charge >= 0.3 is 6.61 Å². The number of benzene rings is 1. The van der Waals surface area contributed by atoms with E-state index >= 15 is 0 Å². The molecule has 0 aliphatic carbocycles. The largest absolute Gasteiger partial charge is 0.433 e. The van der Waals surface area contributed by atoms with Crippen molar-refractivity contribution >= 4 is 11.6 Å². The second-order valence-electron chi connectivity index (χ2n) is 4.67. The maximum absolute atomic E-state index is 12.3. The molecule has 4 nitrogen and oxygen atoms in total. The van der Waals surface area contributed by atoms with Gasteiger partial charge in [0.1, 0.15) is 5.75 Å². The van der Waals surface area contributed by atoms with E-state index in [-0.39, 0.29) is 18.2 Å². The Kier molecular flexibility index (Phi) is 5.15. The van der Waals surface area contributed by atoms with Crippen LogP contribution in [-0.4, -0.2) is 37.1 Å². The van der Waals surface area contributed by atoms with E-state index < -0.39 is 6.61 Å². The van der Waals surface area contributed by atoms with Gasteiger partial charge in [-0.15, -0.1) is 0 Å². The standard InChI is InChI=1S/C14H18F2N2O2/c15-14(16)20-12-7-3-2-6-11(12)17-10-13(19)18-8-4-1-5-9-18/h2-3,6-7,14,17H,1,4-5,8-10H2. The van der Waals surface area contributed by atoms with Crippen LogP contribution in [0.4, 0.5) is 14.5 Å². The van der Waals surface area contributed by atoms with Gasteiger partial charge < -0.3 is 15.0 Å². The Bertz CT molecular complexity index is 449. The van der Waals surface area contributed by atoms with Crippen LogP contribution in [0.25, 0.3) is 0 Å². The zero-order valence-corrected chi connectivity index (χ0v) is 11.1. The number of hydrogen-bond acceptors (Lipinski definition) is 3. The molecular formula is C14H18F2N2O2. The molecule has 1 fully saturated rings. The van der Waals surface area contributed by atoms with Gasteiger partial charge in [-0.05, 0) is 31.4 Å². The van der Waals surface area contributed by atoms with Crippen LogP contribution in [0.3, 0.4) is 0 Å². The molecule has 2 rings (SSSR count). The summed E-state index contributed by atoms with van der Waals surface area (Å²) in [5.41, 5.74) is 0.401. The van der Waals surface area contributed by atoms with Crippen molar-refractivity contribution in [2.45, 2.75) is 25.9 Å². The minimum atomic E-state index is -2.88. The summed E-state index contributed by atoms with van der Waals surface area (Å²) >= 11 is 0. The molecule has 1 aromatic rings. The van der Waals surface area contributed by atoms with Crippen LogP contribution in [0.5, 0.6) is 5.75 Å². The maximum atomic E-state index is 12.3. The summed E-state index contributed by atoms with van der Waals surface area (Å²) in [5.74, 6) is 0.0329. The molecule has 0 bridgehead atoms. The Morgan fingerprint density at radius 2 is 1.95 bits per heavy atom. The molecule has 1 N–H and O–H groups in total. The number of nitrogens with one attached hydrogen (secondary N) is 1. The van der Waals surface area contributed by atoms with Gasteiger partial charge in [-0.25, -0.2) is 0 Å². The first-order valence-electron chi connectivity index (χ1n) is 6.72. The number of ether oxygens (including phenoxy) is 1. The molecule has 1 aromatic carbocycles. The zero-order valence-electron chi connectivity index (χ0n) is 11.1. The lowest BCUT2D eigenvalue weighted by atomic mass is 10.1. The zero-order chi connectivity index (χ0) is 14.4. The monoisotopic (exact) mass is 284 g/mol. The van der Waals surface area contributed by atoms with E-state index in [1.165, 1.54) is 6.07 Å². The van der Waals surface area contributed by atoms with Crippen LogP contribution in [0.1, 0.15) is 19.3 Å². The number of likely N-dealkylation sites (tertiary alicyclic amines) is 1. The van der Waals surface area contributed by atoms with Crippen molar-refractivity contribution in [3.8, 4) is 5.75 Å². The number of piperidine rings is 1. The number of nitrogens with zero attached hydrogens (tertiary/aromatic N) is 1. The Hall–Kier alpha value is -1.85. The van der Waals surface area contributed by atoms with E-state index in [1.807, 2.05) is 0 Å². The quantitative estimate of drug-likeness (QED) is 0.904. The van der Waals surface area contributed by atoms with Gasteiger partial charge in [-0.1, -0.05) is 12.1 Å². The van der Waals surface area contributed by atoms with Gasteiger partial charge in [0.25, 0.3) is 0 Å². The fraction of sp³-hybridized carbons (Fsp3) is 0.500. The average molecular weight is 284 g/mol. The molecule has 0 saturated carbocycles. The summed E-state index contributed by atoms with van der Waals surface area (Å²) in [6, 6.07) is 6.36. The third-order valence-corrected chi connectivity index (χ3v) is 3.24. The van der Waals surface area contributed by atoms with Crippen molar-refractivity contribution in [3.63, 3.8) is 0 Å². The van der Waals surface area contributed by atoms with Gasteiger partial charge in [0.05, 0.1) is 12.2 Å². The number of amides is 1. The fourth-order valence-corrected chi connectivity index (χ4v) is 2.24. The predicted molar refractivity (Wildman–Crippen MR) is 72.0 cm³/mol. The van der Waals surface area contributed by atoms with Crippen LogP contribution in [0.2, 0.25) is 0 Å². The van der Waals surface area contributed by atoms with E-state index in [1.54, 1.807) is 23.1 Å². The third-order valence-electron chi connectivity index (χ3n) is 3.24. The van der Waals surface area contributed by atoms with Crippen LogP contribution in [0, 0.1) is 0 Å². The van der Waals surface area contributed by atoms with Crippen molar-refractivity contribution in [2.24, 2.45) is 0 Å². The van der Waals surface area contributed by atoms with Gasteiger partial charge in [0.15, 0.2) is 0 Å². The molecule has 20 heavy (non-hydrogen) atoms. The first-order chi connectivity index (χ1) is 9.66. The van der Waals surface area contributed by atoms with Crippen LogP contribution >= 0.6 is 0 Å². The minimum Gasteiger partial charge on any atom is -0.433 e. The summed E-state index contributed by atoms with van der Waals surface area (Å²) in [5, 5.41) is 2.87. The Labute approximate surface area is 116 Å². The lowest BCUT2D eigenvalue weighted by Gasteiger charge is -2.27. The minimum absolute atomic E-state index is 0.0171. The molecule has 0 atom stereocenters. The van der Waals surface area contributed by atoms with E-state index in [0.717, 1.165) is 32.4 Å². The smallest absolute Gasteiger partial charge is 0.387 e. The maximum Gasteiger partial charge on any atom is 0.387 e. The SMILES string of the molecule is O=C(CNc1ccccc1OC(F)F)N1CCCCC1. The number of carbonyl (C=O) groups is 1. The highest BCUT2D eigenvalue weighted by Crippen LogP contribution is 2.25. The van der Waals surface area contributed by atoms with Crippen molar-refractivity contribution in [1.82, 2.24) is 4.90 Å². The normalized spacial score (nSPS) is 15.2. The van der Waals surface area contributed by atoms with Crippen LogP contribution in [0.15, 0.2) is 24.3 Å². The second-order valence-corrected chi connectivity index (χ2v) is 4.67. The molecule has 1 amide bonds. The van der Waals surface area contributed by atoms with Crippen molar-refractivity contribution in [3.05, 3.63) is 24.3 Å². The van der Waals surface area contributed by atoms with Gasteiger partial charge in [0, 0.05) is 13.1 Å². The van der Waals surface area contributed by atoms with E-state index in [0.29, 0.717) is 5.69 Å². The molecule has 0 spiro atoms. The Morgan fingerprint density at radius 3 is 2.65 bits per heavy atom. The Morgan fingerprint density at radius 1 is 1.25 bits per heavy atom. The second kappa shape index (κ2) is 7.07. The first kappa shape index (κ1) is 14.6. The topological polar surface area (TPSA) is 41.6 Å². The molecule has 1 aliphatic rings. The number of alkyl halides is 2. The lowest BCUT2D eigenvalue weighted by Crippen LogP contribution is -2.39. The molecular weight excluding hydrogens is 266 g/mol. The van der Waals surface area contributed by atoms with Crippen molar-refractivity contribution < 1.29 is 18.3 Å². The molecule has 1 heterocycles. The average Bonchev–Trinajstić information content (AvgIpc) is 2.46. The molecule has 110 valence electrons. The molecule has 0 radical (unpaired) electrons. The molecule has 1 saturated heterocycles. The lowest BCUT2D eigenvalue weighted by molar-refractivity contribution is -0.130. The van der Waals surface area contributed by atoms with Gasteiger partial charge in [-0.3, -0.25) is 4.79 Å². The number of anilines is 1. The molecule has 1 aliphatic heterocycles. The summed E-state index contributed by atoms with van der Waals surface area (Å²) in [6.45, 7) is -1.25. The van der Waals surface area contributed by atoms with Gasteiger partial charge in [-0.2, -0.15) is 8.78 Å². The number of para-hydroxylation sites is 2. The summed E-state index contributed by atoms with van der Waals surface area (Å²) in [7, 11) is 0. The number of rotatable bonds is 5. The van der Waals surface area contributed by atoms with Gasteiger partial charge in [0.2, 0.25) is 5.91 Å². The van der Waals surface area contributed by atoms with E-state index in [4.69, 9.17) is 0 Å². The molecule has 0 unspecified atom stereocenters.